The van der Waals surface area contributed by atoms with E-state index in [9.17, 15) is 4.79 Å². The molecule has 1 saturated heterocycles. The Morgan fingerprint density at radius 3 is 2.75 bits per heavy atom. The molecule has 164 valence electrons. The maximum absolute atomic E-state index is 12.7. The van der Waals surface area contributed by atoms with Crippen LogP contribution >= 0.6 is 34.7 Å². The number of carbonyl (C=O) groups is 1. The molecule has 0 radical (unpaired) electrons. The van der Waals surface area contributed by atoms with Gasteiger partial charge in [-0.25, -0.2) is 4.98 Å². The Morgan fingerprint density at radius 1 is 1.22 bits per heavy atom. The number of aromatic nitrogens is 1. The molecule has 1 aromatic heterocycles. The van der Waals surface area contributed by atoms with Gasteiger partial charge < -0.3 is 9.47 Å². The molecule has 32 heavy (non-hydrogen) atoms. The number of rotatable bonds is 6. The topological polar surface area (TPSA) is 64.0 Å². The molecule has 6 nitrogen and oxygen atoms in total. The van der Waals surface area contributed by atoms with E-state index in [1.54, 1.807) is 14.2 Å². The van der Waals surface area contributed by atoms with E-state index < -0.39 is 0 Å². The van der Waals surface area contributed by atoms with E-state index >= 15 is 0 Å². The molecule has 2 aromatic carbocycles. The molecule has 0 unspecified atom stereocenters. The number of carbonyl (C=O) groups excluding carboxylic acids is 1. The number of amides is 1. The zero-order chi connectivity index (χ0) is 22.7. The third kappa shape index (κ3) is 4.98. The fourth-order valence-electron chi connectivity index (χ4n) is 2.94. The highest BCUT2D eigenvalue weighted by Crippen LogP contribution is 2.36. The average molecular weight is 486 g/mol. The predicted octanol–water partition coefficient (Wildman–Crippen LogP) is 5.93. The van der Waals surface area contributed by atoms with Crippen LogP contribution in [0.25, 0.3) is 6.08 Å². The van der Waals surface area contributed by atoms with Crippen molar-refractivity contribution in [1.82, 2.24) is 9.88 Å². The van der Waals surface area contributed by atoms with Crippen molar-refractivity contribution in [1.29, 1.82) is 0 Å². The predicted molar refractivity (Wildman–Crippen MR) is 131 cm³/mol. The zero-order valence-electron chi connectivity index (χ0n) is 17.7. The van der Waals surface area contributed by atoms with Crippen LogP contribution in [0.4, 0.5) is 5.13 Å². The third-order valence-electron chi connectivity index (χ3n) is 4.63. The number of thioether (sulfide) groups is 1. The maximum atomic E-state index is 12.7. The first-order valence-corrected chi connectivity index (χ1v) is 11.7. The molecule has 2 heterocycles. The molecule has 0 N–H and O–H groups in total. The van der Waals surface area contributed by atoms with Crippen molar-refractivity contribution in [3.8, 4) is 11.5 Å². The Morgan fingerprint density at radius 2 is 2.03 bits per heavy atom. The highest BCUT2D eigenvalue weighted by Gasteiger charge is 2.30. The molecule has 1 aliphatic rings. The van der Waals surface area contributed by atoms with Gasteiger partial charge in [0.05, 0.1) is 17.7 Å². The van der Waals surface area contributed by atoms with Gasteiger partial charge in [0.1, 0.15) is 6.61 Å². The van der Waals surface area contributed by atoms with Crippen molar-refractivity contribution in [3.05, 3.63) is 74.6 Å². The smallest absolute Gasteiger partial charge is 0.266 e. The number of halogens is 1. The summed E-state index contributed by atoms with van der Waals surface area (Å²) in [4.78, 5) is 23.7. The minimum absolute atomic E-state index is 0.111. The van der Waals surface area contributed by atoms with Crippen LogP contribution in [0.2, 0.25) is 5.02 Å². The number of likely N-dealkylation sites (N-methyl/N-ethyl adjacent to an activating group) is 1. The van der Waals surface area contributed by atoms with Gasteiger partial charge in [0.2, 0.25) is 5.13 Å². The normalized spacial score (nSPS) is 16.2. The SMILES string of the molecule is COc1cc(/C=C2\S/C(=N/c3nc(C)cs3)N(C)C2=O)ccc1OCc1ccccc1Cl. The summed E-state index contributed by atoms with van der Waals surface area (Å²) in [6.07, 6.45) is 1.82. The Labute approximate surface area is 199 Å². The number of nitrogens with zero attached hydrogens (tertiary/aromatic N) is 3. The maximum Gasteiger partial charge on any atom is 0.266 e. The summed E-state index contributed by atoms with van der Waals surface area (Å²) in [5.41, 5.74) is 2.62. The first-order valence-electron chi connectivity index (χ1n) is 9.67. The Hall–Kier alpha value is -2.81. The highest BCUT2D eigenvalue weighted by atomic mass is 35.5. The number of hydrogen-bond acceptors (Lipinski definition) is 7. The lowest BCUT2D eigenvalue weighted by molar-refractivity contribution is -0.121. The molecule has 9 heteroatoms. The zero-order valence-corrected chi connectivity index (χ0v) is 20.1. The molecule has 1 amide bonds. The monoisotopic (exact) mass is 485 g/mol. The van der Waals surface area contributed by atoms with Crippen LogP contribution < -0.4 is 9.47 Å². The quantitative estimate of drug-likeness (QED) is 0.405. The standard InChI is InChI=1S/C23H20ClN3O3S2/c1-14-13-31-22(25-14)26-23-27(2)21(28)20(32-23)11-15-8-9-18(19(10-15)29-3)30-12-16-6-4-5-7-17(16)24/h4-11,13H,12H2,1-3H3/b20-11-,26-23+. The van der Waals surface area contributed by atoms with Gasteiger partial charge >= 0.3 is 0 Å². The van der Waals surface area contributed by atoms with E-state index in [-0.39, 0.29) is 5.91 Å². The lowest BCUT2D eigenvalue weighted by atomic mass is 10.2. The molecule has 0 aliphatic carbocycles. The lowest BCUT2D eigenvalue weighted by Crippen LogP contribution is -2.23. The minimum Gasteiger partial charge on any atom is -0.493 e. The van der Waals surface area contributed by atoms with E-state index in [1.807, 2.05) is 60.8 Å². The highest BCUT2D eigenvalue weighted by molar-refractivity contribution is 8.18. The van der Waals surface area contributed by atoms with Crippen molar-refractivity contribution in [3.63, 3.8) is 0 Å². The Bertz CT molecular complexity index is 1220. The Kier molecular flexibility index (Phi) is 6.83. The number of amidine groups is 1. The van der Waals surface area contributed by atoms with E-state index in [1.165, 1.54) is 28.0 Å². The van der Waals surface area contributed by atoms with E-state index in [4.69, 9.17) is 21.1 Å². The second-order valence-corrected chi connectivity index (χ2v) is 9.18. The van der Waals surface area contributed by atoms with Gasteiger partial charge in [-0.15, -0.1) is 11.3 Å². The van der Waals surface area contributed by atoms with Crippen LogP contribution in [0.3, 0.4) is 0 Å². The summed E-state index contributed by atoms with van der Waals surface area (Å²) in [6, 6.07) is 13.1. The minimum atomic E-state index is -0.111. The van der Waals surface area contributed by atoms with E-state index in [2.05, 4.69) is 9.98 Å². The third-order valence-corrected chi connectivity index (χ3v) is 6.91. The van der Waals surface area contributed by atoms with Crippen LogP contribution in [-0.4, -0.2) is 35.1 Å². The number of thiazole rings is 1. The van der Waals surface area contributed by atoms with Crippen LogP contribution in [0.15, 0.2) is 57.7 Å². The Balaban J connectivity index is 1.53. The van der Waals surface area contributed by atoms with Gasteiger partial charge in [-0.3, -0.25) is 9.69 Å². The molecule has 0 atom stereocenters. The summed E-state index contributed by atoms with van der Waals surface area (Å²) >= 11 is 8.97. The molecule has 4 rings (SSSR count). The first kappa shape index (κ1) is 22.4. The number of aliphatic imine (C=N–C) groups is 1. The summed E-state index contributed by atoms with van der Waals surface area (Å²) < 4.78 is 11.4. The second kappa shape index (κ2) is 9.77. The van der Waals surface area contributed by atoms with Crippen molar-refractivity contribution in [2.24, 2.45) is 4.99 Å². The van der Waals surface area contributed by atoms with Crippen molar-refractivity contribution in [2.45, 2.75) is 13.5 Å². The van der Waals surface area contributed by atoms with Crippen molar-refractivity contribution < 1.29 is 14.3 Å². The van der Waals surface area contributed by atoms with Crippen LogP contribution in [0.1, 0.15) is 16.8 Å². The van der Waals surface area contributed by atoms with E-state index in [0.717, 1.165) is 16.8 Å². The molecule has 0 bridgehead atoms. The fraction of sp³-hybridized carbons (Fsp3) is 0.174. The first-order chi connectivity index (χ1) is 15.4. The lowest BCUT2D eigenvalue weighted by Gasteiger charge is -2.12. The number of hydrogen-bond donors (Lipinski definition) is 0. The fourth-order valence-corrected chi connectivity index (χ4v) is 4.82. The van der Waals surface area contributed by atoms with Gasteiger partial charge in [-0.2, -0.15) is 4.99 Å². The second-order valence-electron chi connectivity index (χ2n) is 6.93. The summed E-state index contributed by atoms with van der Waals surface area (Å²) in [5, 5.41) is 3.81. The van der Waals surface area contributed by atoms with Crippen LogP contribution in [0, 0.1) is 6.92 Å². The van der Waals surface area contributed by atoms with E-state index in [0.29, 0.717) is 38.3 Å². The molecule has 1 fully saturated rings. The number of ether oxygens (including phenoxy) is 2. The van der Waals surface area contributed by atoms with Gasteiger partial charge in [0.15, 0.2) is 16.7 Å². The largest absolute Gasteiger partial charge is 0.493 e. The van der Waals surface area contributed by atoms with Crippen LogP contribution in [-0.2, 0) is 11.4 Å². The van der Waals surface area contributed by atoms with Gasteiger partial charge in [-0.05, 0) is 48.5 Å². The summed E-state index contributed by atoms with van der Waals surface area (Å²) in [6.45, 7) is 2.24. The molecule has 3 aromatic rings. The number of aryl methyl sites for hydroxylation is 1. The van der Waals surface area contributed by atoms with Gasteiger partial charge in [0, 0.05) is 23.0 Å². The molecular weight excluding hydrogens is 466 g/mol. The number of benzene rings is 2. The van der Waals surface area contributed by atoms with Crippen molar-refractivity contribution >= 4 is 57.0 Å². The van der Waals surface area contributed by atoms with Gasteiger partial charge in [-0.1, -0.05) is 35.9 Å². The van der Waals surface area contributed by atoms with Crippen LogP contribution in [0.5, 0.6) is 11.5 Å². The van der Waals surface area contributed by atoms with Crippen molar-refractivity contribution in [2.75, 3.05) is 14.2 Å². The van der Waals surface area contributed by atoms with Gasteiger partial charge in [0.25, 0.3) is 5.91 Å². The molecule has 0 saturated carbocycles. The number of methoxy groups -OCH3 is 1. The molecule has 1 aliphatic heterocycles. The summed E-state index contributed by atoms with van der Waals surface area (Å²) in [5.74, 6) is 1.06. The summed E-state index contributed by atoms with van der Waals surface area (Å²) in [7, 11) is 3.29. The molecular formula is C23H20ClN3O3S2. The molecule has 0 spiro atoms. The average Bonchev–Trinajstić information content (AvgIpc) is 3.31.